The van der Waals surface area contributed by atoms with Crippen molar-refractivity contribution in [1.82, 2.24) is 14.7 Å². The minimum absolute atomic E-state index is 0.0867. The second kappa shape index (κ2) is 5.55. The molecule has 0 saturated heterocycles. The Morgan fingerprint density at radius 3 is 2.95 bits per heavy atom. The van der Waals surface area contributed by atoms with Crippen LogP contribution in [0, 0.1) is 0 Å². The molecule has 2 aromatic rings. The van der Waals surface area contributed by atoms with Crippen LogP contribution in [-0.2, 0) is 0 Å². The molecule has 8 nitrogen and oxygen atoms in total. The molecule has 20 heavy (non-hydrogen) atoms. The summed E-state index contributed by atoms with van der Waals surface area (Å²) in [5.41, 5.74) is 3.83. The number of hydrogen-bond acceptors (Lipinski definition) is 6. The molecule has 1 amide bonds. The number of aromatic nitrogens is 3. The van der Waals surface area contributed by atoms with Gasteiger partial charge in [0, 0.05) is 6.20 Å². The summed E-state index contributed by atoms with van der Waals surface area (Å²) in [7, 11) is 0. The predicted molar refractivity (Wildman–Crippen MR) is 70.3 cm³/mol. The molecule has 2 heterocycles. The summed E-state index contributed by atoms with van der Waals surface area (Å²) in [6.45, 7) is 2.25. The zero-order chi connectivity index (χ0) is 14.7. The average Bonchev–Trinajstić information content (AvgIpc) is 2.42. The van der Waals surface area contributed by atoms with Crippen LogP contribution in [0.2, 0.25) is 0 Å². The van der Waals surface area contributed by atoms with Gasteiger partial charge in [0.2, 0.25) is 0 Å². The summed E-state index contributed by atoms with van der Waals surface area (Å²) in [6, 6.07) is 0. The highest BCUT2D eigenvalue weighted by molar-refractivity contribution is 6.00. The number of pyridine rings is 1. The van der Waals surface area contributed by atoms with Gasteiger partial charge in [-0.2, -0.15) is 0 Å². The van der Waals surface area contributed by atoms with Gasteiger partial charge in [-0.25, -0.2) is 9.97 Å². The van der Waals surface area contributed by atoms with Crippen LogP contribution in [0.25, 0.3) is 11.0 Å². The van der Waals surface area contributed by atoms with E-state index in [0.29, 0.717) is 0 Å². The van der Waals surface area contributed by atoms with Crippen LogP contribution in [-0.4, -0.2) is 32.3 Å². The third-order valence-corrected chi connectivity index (χ3v) is 2.74. The maximum atomic E-state index is 12.2. The van der Waals surface area contributed by atoms with Crippen molar-refractivity contribution < 1.29 is 14.7 Å². The molecule has 2 aromatic heterocycles. The van der Waals surface area contributed by atoms with Crippen LogP contribution in [0.15, 0.2) is 17.3 Å². The van der Waals surface area contributed by atoms with Gasteiger partial charge in [0.1, 0.15) is 24.2 Å². The van der Waals surface area contributed by atoms with Crippen LogP contribution in [0.1, 0.15) is 30.1 Å². The fourth-order valence-corrected chi connectivity index (χ4v) is 1.73. The Labute approximate surface area is 113 Å². The van der Waals surface area contributed by atoms with E-state index in [2.05, 4.69) is 9.97 Å². The number of amides is 1. The second-order valence-corrected chi connectivity index (χ2v) is 4.13. The van der Waals surface area contributed by atoms with Crippen molar-refractivity contribution in [3.8, 4) is 5.75 Å². The van der Waals surface area contributed by atoms with Crippen molar-refractivity contribution in [1.29, 1.82) is 0 Å². The molecule has 106 valence electrons. The quantitative estimate of drug-likeness (QED) is 0.732. The van der Waals surface area contributed by atoms with Gasteiger partial charge in [0.05, 0.1) is 5.39 Å². The topological polar surface area (TPSA) is 120 Å². The molecule has 0 unspecified atom stereocenters. The Bertz CT molecular complexity index is 710. The number of rotatable bonds is 5. The van der Waals surface area contributed by atoms with Crippen molar-refractivity contribution in [2.45, 2.75) is 19.8 Å². The second-order valence-electron chi connectivity index (χ2n) is 4.13. The van der Waals surface area contributed by atoms with Gasteiger partial charge in [0.15, 0.2) is 5.65 Å². The number of carbonyl (C=O) groups excluding carboxylic acids is 1. The summed E-state index contributed by atoms with van der Waals surface area (Å²) in [5, 5.41) is 10.1. The monoisotopic (exact) mass is 278 g/mol. The smallest absolute Gasteiger partial charge is 0.301 e. The maximum absolute atomic E-state index is 12.2. The van der Waals surface area contributed by atoms with E-state index in [4.69, 9.17) is 10.6 Å². The van der Waals surface area contributed by atoms with E-state index in [1.807, 2.05) is 6.92 Å². The summed E-state index contributed by atoms with van der Waals surface area (Å²) in [4.78, 5) is 36.5. The molecule has 0 spiro atoms. The van der Waals surface area contributed by atoms with Gasteiger partial charge >= 0.3 is 5.56 Å². The highest BCUT2D eigenvalue weighted by atomic mass is 16.7. The molecule has 3 N–H and O–H groups in total. The first kappa shape index (κ1) is 13.8. The molecule has 2 rings (SSSR count). The average molecular weight is 278 g/mol. The van der Waals surface area contributed by atoms with Crippen LogP contribution in [0.4, 0.5) is 0 Å². The first-order chi connectivity index (χ1) is 9.57. The van der Waals surface area contributed by atoms with E-state index in [0.717, 1.165) is 17.6 Å². The fourth-order valence-electron chi connectivity index (χ4n) is 1.73. The standard InChI is InChI=1S/C12H14N4O4/c1-2-3-4-20-16-11-7(5-14-6-15-11)9(17)8(10(13)18)12(16)19/h5-6,17H,2-4H2,1H3,(H2,13,18). The summed E-state index contributed by atoms with van der Waals surface area (Å²) >= 11 is 0. The third-order valence-electron chi connectivity index (χ3n) is 2.74. The van der Waals surface area contributed by atoms with Crippen molar-refractivity contribution in [2.75, 3.05) is 6.61 Å². The largest absolute Gasteiger partial charge is 0.506 e. The molecule has 0 aliphatic heterocycles. The molecular formula is C12H14N4O4. The number of nitrogens with two attached hydrogens (primary N) is 1. The molecular weight excluding hydrogens is 264 g/mol. The van der Waals surface area contributed by atoms with Crippen LogP contribution >= 0.6 is 0 Å². The Morgan fingerprint density at radius 1 is 1.55 bits per heavy atom. The number of hydrogen-bond donors (Lipinski definition) is 2. The van der Waals surface area contributed by atoms with Crippen molar-refractivity contribution >= 4 is 16.9 Å². The lowest BCUT2D eigenvalue weighted by molar-refractivity contribution is 0.0958. The molecule has 0 bridgehead atoms. The zero-order valence-corrected chi connectivity index (χ0v) is 10.9. The summed E-state index contributed by atoms with van der Waals surface area (Å²) in [5.74, 6) is -1.57. The van der Waals surface area contributed by atoms with E-state index in [1.54, 1.807) is 0 Å². The molecule has 0 radical (unpaired) electrons. The van der Waals surface area contributed by atoms with Crippen molar-refractivity contribution in [3.05, 3.63) is 28.4 Å². The normalized spacial score (nSPS) is 10.7. The van der Waals surface area contributed by atoms with Crippen LogP contribution in [0.3, 0.4) is 0 Å². The highest BCUT2D eigenvalue weighted by Crippen LogP contribution is 2.23. The number of unbranched alkanes of at least 4 members (excludes halogenated alkanes) is 1. The highest BCUT2D eigenvalue weighted by Gasteiger charge is 2.21. The van der Waals surface area contributed by atoms with Gasteiger partial charge in [0.25, 0.3) is 5.91 Å². The first-order valence-electron chi connectivity index (χ1n) is 6.08. The molecule has 0 aromatic carbocycles. The van der Waals surface area contributed by atoms with Gasteiger partial charge < -0.3 is 15.7 Å². The lowest BCUT2D eigenvalue weighted by Crippen LogP contribution is -2.34. The van der Waals surface area contributed by atoms with Crippen molar-refractivity contribution in [2.24, 2.45) is 5.73 Å². The first-order valence-corrected chi connectivity index (χ1v) is 6.08. The van der Waals surface area contributed by atoms with E-state index in [1.165, 1.54) is 12.5 Å². The Kier molecular flexibility index (Phi) is 3.83. The summed E-state index contributed by atoms with van der Waals surface area (Å²) in [6.07, 6.45) is 4.10. The number of nitrogens with zero attached hydrogens (tertiary/aromatic N) is 3. The van der Waals surface area contributed by atoms with Crippen LogP contribution < -0.4 is 16.1 Å². The number of carbonyl (C=O) groups is 1. The molecule has 0 aliphatic carbocycles. The Hall–Kier alpha value is -2.64. The van der Waals surface area contributed by atoms with Gasteiger partial charge in [-0.1, -0.05) is 13.3 Å². The molecule has 0 fully saturated rings. The maximum Gasteiger partial charge on any atom is 0.301 e. The predicted octanol–water partition coefficient (Wildman–Crippen LogP) is -0.175. The van der Waals surface area contributed by atoms with E-state index < -0.39 is 22.8 Å². The van der Waals surface area contributed by atoms with E-state index in [9.17, 15) is 14.7 Å². The van der Waals surface area contributed by atoms with E-state index >= 15 is 0 Å². The number of primary amides is 1. The molecule has 0 atom stereocenters. The zero-order valence-electron chi connectivity index (χ0n) is 10.9. The molecule has 0 saturated carbocycles. The Balaban J connectivity index is 2.70. The minimum atomic E-state index is -1.04. The lowest BCUT2D eigenvalue weighted by atomic mass is 10.2. The molecule has 0 aliphatic rings. The lowest BCUT2D eigenvalue weighted by Gasteiger charge is -2.12. The fraction of sp³-hybridized carbons (Fsp3) is 0.333. The molecule has 8 heteroatoms. The van der Waals surface area contributed by atoms with Crippen molar-refractivity contribution in [3.63, 3.8) is 0 Å². The van der Waals surface area contributed by atoms with Crippen LogP contribution in [0.5, 0.6) is 5.75 Å². The van der Waals surface area contributed by atoms with Gasteiger partial charge in [-0.3, -0.25) is 9.59 Å². The van der Waals surface area contributed by atoms with Gasteiger partial charge in [-0.15, -0.1) is 4.73 Å². The summed E-state index contributed by atoms with van der Waals surface area (Å²) < 4.78 is 0.868. The number of fused-ring (bicyclic) bond motifs is 1. The third kappa shape index (κ3) is 2.27. The number of aromatic hydroxyl groups is 1. The van der Waals surface area contributed by atoms with Gasteiger partial charge in [-0.05, 0) is 6.42 Å². The van der Waals surface area contributed by atoms with E-state index in [-0.39, 0.29) is 17.6 Å². The SMILES string of the molecule is CCCCOn1c(=O)c(C(N)=O)c(O)c2cncnc21. The minimum Gasteiger partial charge on any atom is -0.506 e. The Morgan fingerprint density at radius 2 is 2.30 bits per heavy atom.